The van der Waals surface area contributed by atoms with Crippen LogP contribution in [0, 0.1) is 6.92 Å². The number of alkyl halides is 2. The zero-order valence-electron chi connectivity index (χ0n) is 13.0. The zero-order valence-corrected chi connectivity index (χ0v) is 13.0. The van der Waals surface area contributed by atoms with Crippen LogP contribution in [-0.4, -0.2) is 51.0 Å². The molecule has 2 aliphatic rings. The average Bonchev–Trinajstić information content (AvgIpc) is 2.89. The van der Waals surface area contributed by atoms with Crippen LogP contribution < -0.4 is 5.32 Å². The van der Waals surface area contributed by atoms with Crippen LogP contribution in [0.5, 0.6) is 0 Å². The largest absolute Gasteiger partial charge is 0.345 e. The SMILES string of the molecule is Cc1nnc2n1CCN(C(=O)N[C@@H]1CCCC[C@H]1OC(F)F)C2. The Morgan fingerprint density at radius 3 is 2.87 bits per heavy atom. The van der Waals surface area contributed by atoms with Crippen molar-refractivity contribution < 1.29 is 18.3 Å². The Balaban J connectivity index is 1.60. The van der Waals surface area contributed by atoms with Crippen molar-refractivity contribution in [2.24, 2.45) is 0 Å². The van der Waals surface area contributed by atoms with Gasteiger partial charge in [-0.2, -0.15) is 8.78 Å². The molecule has 1 aromatic rings. The Hall–Kier alpha value is -1.77. The number of amides is 2. The minimum absolute atomic E-state index is 0.258. The van der Waals surface area contributed by atoms with Crippen LogP contribution in [-0.2, 0) is 17.8 Å². The van der Waals surface area contributed by atoms with Crippen LogP contribution in [0.15, 0.2) is 0 Å². The number of aromatic nitrogens is 3. The molecule has 1 aliphatic heterocycles. The fourth-order valence-corrected chi connectivity index (χ4v) is 3.28. The average molecular weight is 329 g/mol. The van der Waals surface area contributed by atoms with Crippen molar-refractivity contribution in [3.8, 4) is 0 Å². The van der Waals surface area contributed by atoms with Gasteiger partial charge in [-0.3, -0.25) is 0 Å². The minimum atomic E-state index is -2.81. The number of hydrogen-bond donors (Lipinski definition) is 1. The number of nitrogens with zero attached hydrogens (tertiary/aromatic N) is 4. The van der Waals surface area contributed by atoms with Crippen LogP contribution >= 0.6 is 0 Å². The van der Waals surface area contributed by atoms with Gasteiger partial charge in [-0.1, -0.05) is 12.8 Å². The quantitative estimate of drug-likeness (QED) is 0.915. The molecule has 23 heavy (non-hydrogen) atoms. The number of aryl methyl sites for hydroxylation is 1. The van der Waals surface area contributed by atoms with Crippen molar-refractivity contribution in [1.29, 1.82) is 0 Å². The second-order valence-corrected chi connectivity index (χ2v) is 6.01. The summed E-state index contributed by atoms with van der Waals surface area (Å²) < 4.78 is 31.6. The smallest absolute Gasteiger partial charge is 0.333 e. The number of hydrogen-bond acceptors (Lipinski definition) is 4. The van der Waals surface area contributed by atoms with E-state index in [4.69, 9.17) is 0 Å². The lowest BCUT2D eigenvalue weighted by Gasteiger charge is -2.34. The second kappa shape index (κ2) is 6.77. The first-order chi connectivity index (χ1) is 11.0. The highest BCUT2D eigenvalue weighted by molar-refractivity contribution is 5.74. The van der Waals surface area contributed by atoms with E-state index in [0.29, 0.717) is 32.5 Å². The summed E-state index contributed by atoms with van der Waals surface area (Å²) in [5.41, 5.74) is 0. The lowest BCUT2D eigenvalue weighted by Crippen LogP contribution is -2.52. The van der Waals surface area contributed by atoms with E-state index in [2.05, 4.69) is 20.3 Å². The van der Waals surface area contributed by atoms with E-state index < -0.39 is 12.7 Å². The van der Waals surface area contributed by atoms with Crippen LogP contribution in [0.2, 0.25) is 0 Å². The predicted octanol–water partition coefficient (Wildman–Crippen LogP) is 1.66. The van der Waals surface area contributed by atoms with Gasteiger partial charge in [-0.05, 0) is 19.8 Å². The summed E-state index contributed by atoms with van der Waals surface area (Å²) in [7, 11) is 0. The van der Waals surface area contributed by atoms with Crippen LogP contribution in [0.1, 0.15) is 37.3 Å². The second-order valence-electron chi connectivity index (χ2n) is 6.01. The lowest BCUT2D eigenvalue weighted by atomic mass is 9.92. The maximum absolute atomic E-state index is 12.5. The number of carbonyl (C=O) groups excluding carboxylic acids is 1. The van der Waals surface area contributed by atoms with Crippen LogP contribution in [0.4, 0.5) is 13.6 Å². The maximum Gasteiger partial charge on any atom is 0.345 e. The summed E-state index contributed by atoms with van der Waals surface area (Å²) in [5, 5.41) is 10.9. The molecule has 2 atom stereocenters. The molecule has 7 nitrogen and oxygen atoms in total. The third kappa shape index (κ3) is 3.60. The predicted molar refractivity (Wildman–Crippen MR) is 76.8 cm³/mol. The highest BCUT2D eigenvalue weighted by Gasteiger charge is 2.32. The molecule has 2 heterocycles. The Kier molecular flexibility index (Phi) is 4.74. The van der Waals surface area contributed by atoms with Gasteiger partial charge in [0, 0.05) is 13.1 Å². The molecule has 0 spiro atoms. The van der Waals surface area contributed by atoms with Gasteiger partial charge >= 0.3 is 12.6 Å². The van der Waals surface area contributed by atoms with Gasteiger partial charge in [0.05, 0.1) is 18.7 Å². The summed E-state index contributed by atoms with van der Waals surface area (Å²) in [6, 6.07) is -0.626. The molecule has 0 aromatic carbocycles. The molecule has 3 rings (SSSR count). The normalized spacial score (nSPS) is 24.6. The molecule has 0 bridgehead atoms. The van der Waals surface area contributed by atoms with Gasteiger partial charge in [0.1, 0.15) is 5.82 Å². The number of carbonyl (C=O) groups is 1. The van der Waals surface area contributed by atoms with Crippen molar-refractivity contribution in [2.75, 3.05) is 6.54 Å². The Morgan fingerprint density at radius 2 is 2.09 bits per heavy atom. The van der Waals surface area contributed by atoms with Crippen LogP contribution in [0.3, 0.4) is 0 Å². The number of fused-ring (bicyclic) bond motifs is 1. The van der Waals surface area contributed by atoms with Gasteiger partial charge in [-0.15, -0.1) is 10.2 Å². The maximum atomic E-state index is 12.5. The highest BCUT2D eigenvalue weighted by atomic mass is 19.3. The van der Waals surface area contributed by atoms with Gasteiger partial charge < -0.3 is 19.5 Å². The Bertz CT molecular complexity index is 565. The van der Waals surface area contributed by atoms with E-state index in [1.54, 1.807) is 4.90 Å². The molecule has 0 radical (unpaired) electrons. The van der Waals surface area contributed by atoms with E-state index in [1.807, 2.05) is 11.5 Å². The number of halogens is 2. The number of urea groups is 1. The van der Waals surface area contributed by atoms with Crippen molar-refractivity contribution >= 4 is 6.03 Å². The first-order valence-corrected chi connectivity index (χ1v) is 7.92. The van der Waals surface area contributed by atoms with E-state index in [1.165, 1.54) is 0 Å². The van der Waals surface area contributed by atoms with Gasteiger partial charge in [-0.25, -0.2) is 4.79 Å². The molecule has 1 fully saturated rings. The monoisotopic (exact) mass is 329 g/mol. The highest BCUT2D eigenvalue weighted by Crippen LogP contribution is 2.23. The Morgan fingerprint density at radius 1 is 1.30 bits per heavy atom. The van der Waals surface area contributed by atoms with Gasteiger partial charge in [0.25, 0.3) is 0 Å². The Labute approximate surface area is 133 Å². The number of ether oxygens (including phenoxy) is 1. The summed E-state index contributed by atoms with van der Waals surface area (Å²) in [5.74, 6) is 1.57. The molecule has 2 amide bonds. The van der Waals surface area contributed by atoms with E-state index in [9.17, 15) is 13.6 Å². The van der Waals surface area contributed by atoms with E-state index in [-0.39, 0.29) is 12.1 Å². The zero-order chi connectivity index (χ0) is 16.4. The molecule has 0 saturated heterocycles. The van der Waals surface area contributed by atoms with Gasteiger partial charge in [0.15, 0.2) is 5.82 Å². The van der Waals surface area contributed by atoms with Crippen molar-refractivity contribution in [1.82, 2.24) is 25.0 Å². The summed E-state index contributed by atoms with van der Waals surface area (Å²) in [6.07, 6.45) is 2.33. The van der Waals surface area contributed by atoms with E-state index in [0.717, 1.165) is 24.5 Å². The molecule has 0 unspecified atom stereocenters. The summed E-state index contributed by atoms with van der Waals surface area (Å²) in [4.78, 5) is 14.1. The molecule has 1 saturated carbocycles. The molecule has 9 heteroatoms. The third-order valence-electron chi connectivity index (χ3n) is 4.51. The molecular formula is C14H21F2N5O2. The molecule has 1 aromatic heterocycles. The van der Waals surface area contributed by atoms with Crippen LogP contribution in [0.25, 0.3) is 0 Å². The van der Waals surface area contributed by atoms with Gasteiger partial charge in [0.2, 0.25) is 0 Å². The number of nitrogens with one attached hydrogen (secondary N) is 1. The first kappa shape index (κ1) is 16.1. The van der Waals surface area contributed by atoms with Crippen molar-refractivity contribution in [3.05, 3.63) is 11.6 Å². The molecule has 1 N–H and O–H groups in total. The fourth-order valence-electron chi connectivity index (χ4n) is 3.28. The topological polar surface area (TPSA) is 72.3 Å². The van der Waals surface area contributed by atoms with Crippen molar-refractivity contribution in [2.45, 2.75) is 64.5 Å². The van der Waals surface area contributed by atoms with E-state index >= 15 is 0 Å². The molecule has 1 aliphatic carbocycles. The first-order valence-electron chi connectivity index (χ1n) is 7.92. The summed E-state index contributed by atoms with van der Waals surface area (Å²) >= 11 is 0. The summed E-state index contributed by atoms with van der Waals surface area (Å²) in [6.45, 7) is 0.628. The molecule has 128 valence electrons. The molecular weight excluding hydrogens is 308 g/mol. The fraction of sp³-hybridized carbons (Fsp3) is 0.786. The van der Waals surface area contributed by atoms with Crippen molar-refractivity contribution in [3.63, 3.8) is 0 Å². The number of rotatable bonds is 3. The third-order valence-corrected chi connectivity index (χ3v) is 4.51. The standard InChI is InChI=1S/C14H21F2N5O2/c1-9-18-19-12-8-20(6-7-21(9)12)14(22)17-10-4-2-3-5-11(10)23-13(15)16/h10-11,13H,2-8H2,1H3,(H,17,22)/t10-,11-/m1/s1. The lowest BCUT2D eigenvalue weighted by molar-refractivity contribution is -0.175. The minimum Gasteiger partial charge on any atom is -0.333 e.